The first kappa shape index (κ1) is 13.4. The summed E-state index contributed by atoms with van der Waals surface area (Å²) in [6.45, 7) is 8.71. The zero-order valence-electron chi connectivity index (χ0n) is 6.10. The van der Waals surface area contributed by atoms with Crippen molar-refractivity contribution >= 4 is 57.4 Å². The van der Waals surface area contributed by atoms with Crippen molar-refractivity contribution < 1.29 is 9.53 Å². The summed E-state index contributed by atoms with van der Waals surface area (Å²) in [6.07, 6.45) is 1.16. The first-order valence-corrected chi connectivity index (χ1v) is 2.81. The fourth-order valence-electron chi connectivity index (χ4n) is 0.343. The van der Waals surface area contributed by atoms with Crippen LogP contribution in [0, 0.1) is 0 Å². The maximum atomic E-state index is 10.5. The van der Waals surface area contributed by atoms with Crippen LogP contribution < -0.4 is 0 Å². The van der Waals surface area contributed by atoms with Crippen LogP contribution >= 0.6 is 0 Å². The Morgan fingerprint density at radius 1 is 1.50 bits per heavy atom. The Kier molecular flexibility index (Phi) is 7.38. The van der Waals surface area contributed by atoms with Crippen LogP contribution in [0.25, 0.3) is 0 Å². The van der Waals surface area contributed by atoms with E-state index in [1.807, 2.05) is 20.8 Å². The molecule has 0 bridgehead atoms. The number of esters is 1. The molecule has 0 rings (SSSR count). The van der Waals surface area contributed by atoms with Crippen molar-refractivity contribution in [2.45, 2.75) is 26.4 Å². The van der Waals surface area contributed by atoms with E-state index in [0.717, 1.165) is 6.08 Å². The topological polar surface area (TPSA) is 26.3 Å². The minimum absolute atomic E-state index is 0. The molecule has 0 aliphatic carbocycles. The Balaban J connectivity index is 0. The first-order valence-electron chi connectivity index (χ1n) is 2.81. The van der Waals surface area contributed by atoms with Gasteiger partial charge >= 0.3 is 57.4 Å². The Bertz CT molecular complexity index is 124. The van der Waals surface area contributed by atoms with E-state index in [-0.39, 0.29) is 57.4 Å². The van der Waals surface area contributed by atoms with E-state index in [1.54, 1.807) is 0 Å². The van der Waals surface area contributed by atoms with E-state index in [9.17, 15) is 4.79 Å². The average molecular weight is 168 g/mol. The molecule has 3 heteroatoms. The minimum atomic E-state index is -0.398. The van der Waals surface area contributed by atoms with E-state index in [0.29, 0.717) is 0 Å². The van der Waals surface area contributed by atoms with Crippen molar-refractivity contribution in [3.05, 3.63) is 12.7 Å². The van der Waals surface area contributed by atoms with Crippen LogP contribution in [-0.4, -0.2) is 63.0 Å². The molecular formula is C7H13KO2. The quantitative estimate of drug-likeness (QED) is 0.330. The third-order valence-electron chi connectivity index (χ3n) is 0.573. The van der Waals surface area contributed by atoms with Crippen LogP contribution in [0.2, 0.25) is 0 Å². The number of carbonyl (C=O) groups is 1. The van der Waals surface area contributed by atoms with E-state index >= 15 is 0 Å². The summed E-state index contributed by atoms with van der Waals surface area (Å²) >= 11 is 0. The van der Waals surface area contributed by atoms with Gasteiger partial charge in [-0.2, -0.15) is 0 Å². The van der Waals surface area contributed by atoms with Gasteiger partial charge in [-0.05, 0) is 20.8 Å². The predicted molar refractivity (Wildman–Crippen MR) is 43.2 cm³/mol. The van der Waals surface area contributed by atoms with Gasteiger partial charge in [0.15, 0.2) is 0 Å². The van der Waals surface area contributed by atoms with Crippen molar-refractivity contribution in [1.82, 2.24) is 0 Å². The summed E-state index contributed by atoms with van der Waals surface area (Å²) in [4.78, 5) is 10.5. The molecule has 0 saturated heterocycles. The van der Waals surface area contributed by atoms with Gasteiger partial charge in [-0.15, -0.1) is 0 Å². The fourth-order valence-corrected chi connectivity index (χ4v) is 0.343. The molecule has 0 amide bonds. The van der Waals surface area contributed by atoms with Crippen molar-refractivity contribution in [3.8, 4) is 0 Å². The number of ether oxygens (including phenoxy) is 1. The molecule has 0 aromatic rings. The van der Waals surface area contributed by atoms with Gasteiger partial charge in [0, 0.05) is 6.08 Å². The number of hydrogen-bond donors (Lipinski definition) is 0. The van der Waals surface area contributed by atoms with Gasteiger partial charge in [0.2, 0.25) is 0 Å². The molecule has 0 aromatic carbocycles. The molecule has 2 nitrogen and oxygen atoms in total. The van der Waals surface area contributed by atoms with Crippen LogP contribution in [-0.2, 0) is 9.53 Å². The van der Waals surface area contributed by atoms with Crippen LogP contribution in [0.4, 0.5) is 0 Å². The molecule has 0 heterocycles. The zero-order chi connectivity index (χ0) is 7.49. The second-order valence-electron chi connectivity index (χ2n) is 2.74. The summed E-state index contributed by atoms with van der Waals surface area (Å²) in [5.41, 5.74) is -0.398. The van der Waals surface area contributed by atoms with Gasteiger partial charge in [0.1, 0.15) is 5.60 Å². The summed E-state index contributed by atoms with van der Waals surface area (Å²) < 4.78 is 4.83. The molecular weight excluding hydrogens is 155 g/mol. The van der Waals surface area contributed by atoms with Gasteiger partial charge in [0.05, 0.1) is 0 Å². The van der Waals surface area contributed by atoms with Crippen LogP contribution in [0.15, 0.2) is 12.7 Å². The van der Waals surface area contributed by atoms with Crippen molar-refractivity contribution in [3.63, 3.8) is 0 Å². The van der Waals surface area contributed by atoms with Crippen LogP contribution in [0.3, 0.4) is 0 Å². The second-order valence-corrected chi connectivity index (χ2v) is 2.74. The van der Waals surface area contributed by atoms with E-state index in [2.05, 4.69) is 6.58 Å². The molecule has 54 valence electrons. The molecule has 10 heavy (non-hydrogen) atoms. The Labute approximate surface area is 104 Å². The van der Waals surface area contributed by atoms with Crippen LogP contribution in [0.5, 0.6) is 0 Å². The standard InChI is InChI=1S/C7H12O2.K.H/c1-5-6(8)9-7(2,3)4;;/h5H,1H2,2-4H3;;. The van der Waals surface area contributed by atoms with E-state index < -0.39 is 5.60 Å². The molecule has 0 aromatic heterocycles. The monoisotopic (exact) mass is 168 g/mol. The van der Waals surface area contributed by atoms with Crippen LogP contribution in [0.1, 0.15) is 20.8 Å². The third-order valence-corrected chi connectivity index (χ3v) is 0.573. The molecule has 0 fully saturated rings. The summed E-state index contributed by atoms with van der Waals surface area (Å²) in [6, 6.07) is 0. The average Bonchev–Trinajstić information content (AvgIpc) is 1.62. The molecule has 0 saturated carbocycles. The van der Waals surface area contributed by atoms with Gasteiger partial charge in [-0.25, -0.2) is 4.79 Å². The van der Waals surface area contributed by atoms with Gasteiger partial charge in [-0.1, -0.05) is 6.58 Å². The number of hydrogen-bond acceptors (Lipinski definition) is 2. The molecule has 0 N–H and O–H groups in total. The van der Waals surface area contributed by atoms with Crippen molar-refractivity contribution in [2.24, 2.45) is 0 Å². The van der Waals surface area contributed by atoms with Gasteiger partial charge in [0.25, 0.3) is 0 Å². The Morgan fingerprint density at radius 3 is 2.00 bits per heavy atom. The normalized spacial score (nSPS) is 9.50. The SMILES string of the molecule is C=CC(=O)OC(C)(C)C.[KH]. The summed E-state index contributed by atoms with van der Waals surface area (Å²) in [7, 11) is 0. The molecule has 0 unspecified atom stereocenters. The predicted octanol–water partition coefficient (Wildman–Crippen LogP) is 0.866. The second kappa shape index (κ2) is 5.49. The zero-order valence-corrected chi connectivity index (χ0v) is 6.10. The molecule has 0 radical (unpaired) electrons. The van der Waals surface area contributed by atoms with Gasteiger partial charge < -0.3 is 4.74 Å². The summed E-state index contributed by atoms with van der Waals surface area (Å²) in [5.74, 6) is -0.373. The van der Waals surface area contributed by atoms with E-state index in [4.69, 9.17) is 4.74 Å². The Hall–Kier alpha value is 0.846. The van der Waals surface area contributed by atoms with Crippen molar-refractivity contribution in [2.75, 3.05) is 0 Å². The maximum absolute atomic E-state index is 10.5. The van der Waals surface area contributed by atoms with E-state index in [1.165, 1.54) is 0 Å². The Morgan fingerprint density at radius 2 is 1.90 bits per heavy atom. The first-order chi connectivity index (χ1) is 3.95. The van der Waals surface area contributed by atoms with Gasteiger partial charge in [-0.3, -0.25) is 0 Å². The third kappa shape index (κ3) is 8.85. The van der Waals surface area contributed by atoms with Crippen molar-refractivity contribution in [1.29, 1.82) is 0 Å². The summed E-state index contributed by atoms with van der Waals surface area (Å²) in [5, 5.41) is 0. The number of rotatable bonds is 1. The fraction of sp³-hybridized carbons (Fsp3) is 0.571. The molecule has 0 atom stereocenters. The molecule has 0 spiro atoms. The molecule has 0 aliphatic heterocycles. The molecule has 0 aliphatic rings. The number of carbonyl (C=O) groups excluding carboxylic acids is 1.